The number of nitrogens with one attached hydrogen (secondary N) is 1. The minimum absolute atomic E-state index is 0.713. The average molecular weight is 280 g/mol. The Kier molecular flexibility index (Phi) is 3.34. The molecule has 84 valence electrons. The topological polar surface area (TPSA) is 25.2 Å². The summed E-state index contributed by atoms with van der Waals surface area (Å²) < 4.78 is 6.62. The van der Waals surface area contributed by atoms with Crippen molar-refractivity contribution in [2.24, 2.45) is 0 Å². The second-order valence-electron chi connectivity index (χ2n) is 3.78. The molecule has 1 aromatic heterocycles. The zero-order valence-electron chi connectivity index (χ0n) is 9.38. The maximum atomic E-state index is 5.50. The van der Waals surface area contributed by atoms with Crippen LogP contribution in [0.4, 0.5) is 5.69 Å². The predicted octanol–water partition coefficient (Wildman–Crippen LogP) is 4.27. The molecule has 16 heavy (non-hydrogen) atoms. The molecule has 2 rings (SSSR count). The second-order valence-corrected chi connectivity index (χ2v) is 4.63. The largest absolute Gasteiger partial charge is 0.465 e. The fraction of sp³-hybridized carbons (Fsp3) is 0.231. The highest BCUT2D eigenvalue weighted by atomic mass is 79.9. The first-order chi connectivity index (χ1) is 7.66. The lowest BCUT2D eigenvalue weighted by Crippen LogP contribution is -2.00. The van der Waals surface area contributed by atoms with E-state index in [0.29, 0.717) is 6.54 Å². The molecule has 0 unspecified atom stereocenters. The van der Waals surface area contributed by atoms with E-state index < -0.39 is 0 Å². The lowest BCUT2D eigenvalue weighted by Gasteiger charge is -2.09. The molecule has 2 nitrogen and oxygen atoms in total. The van der Waals surface area contributed by atoms with Gasteiger partial charge in [0.05, 0.1) is 6.54 Å². The molecule has 0 aliphatic carbocycles. The van der Waals surface area contributed by atoms with E-state index in [4.69, 9.17) is 4.42 Å². The lowest BCUT2D eigenvalue weighted by atomic mass is 10.2. The minimum atomic E-state index is 0.713. The minimum Gasteiger partial charge on any atom is -0.465 e. The molecule has 0 spiro atoms. The van der Waals surface area contributed by atoms with Crippen molar-refractivity contribution >= 4 is 21.6 Å². The van der Waals surface area contributed by atoms with Crippen LogP contribution in [-0.2, 0) is 6.54 Å². The number of furan rings is 1. The van der Waals surface area contributed by atoms with Crippen molar-refractivity contribution in [2.75, 3.05) is 5.32 Å². The molecule has 1 aromatic carbocycles. The summed E-state index contributed by atoms with van der Waals surface area (Å²) in [4.78, 5) is 0. The van der Waals surface area contributed by atoms with Gasteiger partial charge in [0, 0.05) is 10.2 Å². The van der Waals surface area contributed by atoms with Crippen molar-refractivity contribution in [1.82, 2.24) is 0 Å². The maximum Gasteiger partial charge on any atom is 0.123 e. The first-order valence-corrected chi connectivity index (χ1v) is 6.00. The third kappa shape index (κ3) is 2.47. The Bertz CT molecular complexity index is 490. The van der Waals surface area contributed by atoms with Gasteiger partial charge in [0.25, 0.3) is 0 Å². The van der Waals surface area contributed by atoms with Crippen LogP contribution in [0.1, 0.15) is 17.1 Å². The Labute approximate surface area is 104 Å². The van der Waals surface area contributed by atoms with E-state index in [1.54, 1.807) is 0 Å². The number of hydrogen-bond donors (Lipinski definition) is 1. The summed E-state index contributed by atoms with van der Waals surface area (Å²) in [5.41, 5.74) is 2.34. The van der Waals surface area contributed by atoms with Crippen molar-refractivity contribution in [2.45, 2.75) is 20.4 Å². The van der Waals surface area contributed by atoms with Crippen LogP contribution >= 0.6 is 15.9 Å². The van der Waals surface area contributed by atoms with E-state index >= 15 is 0 Å². The third-order valence-corrected chi connectivity index (χ3v) is 3.38. The van der Waals surface area contributed by atoms with Crippen molar-refractivity contribution < 1.29 is 4.42 Å². The average Bonchev–Trinajstić information content (AvgIpc) is 2.67. The van der Waals surface area contributed by atoms with Crippen LogP contribution < -0.4 is 5.32 Å². The Balaban J connectivity index is 2.07. The molecule has 1 N–H and O–H groups in total. The summed E-state index contributed by atoms with van der Waals surface area (Å²) in [5.74, 6) is 1.90. The highest BCUT2D eigenvalue weighted by Gasteiger charge is 2.02. The fourth-order valence-electron chi connectivity index (χ4n) is 1.56. The molecule has 0 aliphatic rings. The van der Waals surface area contributed by atoms with Crippen LogP contribution in [0.25, 0.3) is 0 Å². The van der Waals surface area contributed by atoms with Gasteiger partial charge < -0.3 is 9.73 Å². The van der Waals surface area contributed by atoms with E-state index in [1.807, 2.05) is 31.2 Å². The number of rotatable bonds is 3. The standard InChI is InChI=1S/C13H14BrNO/c1-9-6-7-11(16-9)8-15-13-5-3-4-12(14)10(13)2/h3-7,15H,8H2,1-2H3. The van der Waals surface area contributed by atoms with Crippen LogP contribution in [0.15, 0.2) is 39.2 Å². The number of anilines is 1. The summed E-state index contributed by atoms with van der Waals surface area (Å²) in [7, 11) is 0. The van der Waals surface area contributed by atoms with E-state index in [-0.39, 0.29) is 0 Å². The SMILES string of the molecule is Cc1ccc(CNc2cccc(Br)c2C)o1. The first kappa shape index (κ1) is 11.3. The van der Waals surface area contributed by atoms with Crippen LogP contribution in [0.2, 0.25) is 0 Å². The molecule has 0 saturated carbocycles. The normalized spacial score (nSPS) is 10.4. The summed E-state index contributed by atoms with van der Waals surface area (Å²) >= 11 is 3.51. The summed E-state index contributed by atoms with van der Waals surface area (Å²) in [6, 6.07) is 10.1. The van der Waals surface area contributed by atoms with Crippen LogP contribution in [0, 0.1) is 13.8 Å². The van der Waals surface area contributed by atoms with Crippen LogP contribution in [0.3, 0.4) is 0 Å². The van der Waals surface area contributed by atoms with Gasteiger partial charge in [0.15, 0.2) is 0 Å². The fourth-order valence-corrected chi connectivity index (χ4v) is 1.93. The maximum absolute atomic E-state index is 5.50. The molecule has 0 bridgehead atoms. The Morgan fingerprint density at radius 2 is 2.00 bits per heavy atom. The molecule has 0 fully saturated rings. The zero-order chi connectivity index (χ0) is 11.5. The lowest BCUT2D eigenvalue weighted by molar-refractivity contribution is 0.490. The van der Waals surface area contributed by atoms with E-state index in [2.05, 4.69) is 34.2 Å². The molecule has 0 atom stereocenters. The van der Waals surface area contributed by atoms with Crippen molar-refractivity contribution in [3.05, 3.63) is 51.9 Å². The number of hydrogen-bond acceptors (Lipinski definition) is 2. The highest BCUT2D eigenvalue weighted by molar-refractivity contribution is 9.10. The molecule has 1 heterocycles. The number of benzene rings is 1. The van der Waals surface area contributed by atoms with Crippen LogP contribution in [-0.4, -0.2) is 0 Å². The van der Waals surface area contributed by atoms with Crippen molar-refractivity contribution in [3.63, 3.8) is 0 Å². The van der Waals surface area contributed by atoms with Gasteiger partial charge >= 0.3 is 0 Å². The monoisotopic (exact) mass is 279 g/mol. The molecule has 0 saturated heterocycles. The number of halogens is 1. The summed E-state index contributed by atoms with van der Waals surface area (Å²) in [6.45, 7) is 4.75. The van der Waals surface area contributed by atoms with E-state index in [9.17, 15) is 0 Å². The van der Waals surface area contributed by atoms with Gasteiger partial charge in [-0.2, -0.15) is 0 Å². The van der Waals surface area contributed by atoms with Crippen molar-refractivity contribution in [1.29, 1.82) is 0 Å². The predicted molar refractivity (Wildman–Crippen MR) is 69.7 cm³/mol. The van der Waals surface area contributed by atoms with E-state index in [1.165, 1.54) is 5.56 Å². The molecular formula is C13H14BrNO. The quantitative estimate of drug-likeness (QED) is 0.908. The van der Waals surface area contributed by atoms with Gasteiger partial charge in [0.2, 0.25) is 0 Å². The summed E-state index contributed by atoms with van der Waals surface area (Å²) in [6.07, 6.45) is 0. The zero-order valence-corrected chi connectivity index (χ0v) is 11.0. The van der Waals surface area contributed by atoms with Crippen LogP contribution in [0.5, 0.6) is 0 Å². The number of aryl methyl sites for hydroxylation is 1. The highest BCUT2D eigenvalue weighted by Crippen LogP contribution is 2.24. The molecule has 0 radical (unpaired) electrons. The first-order valence-electron chi connectivity index (χ1n) is 5.21. The Morgan fingerprint density at radius 3 is 2.69 bits per heavy atom. The smallest absolute Gasteiger partial charge is 0.123 e. The van der Waals surface area contributed by atoms with E-state index in [0.717, 1.165) is 21.7 Å². The second kappa shape index (κ2) is 4.74. The molecule has 0 amide bonds. The Morgan fingerprint density at radius 1 is 1.19 bits per heavy atom. The summed E-state index contributed by atoms with van der Waals surface area (Å²) in [5, 5.41) is 3.36. The van der Waals surface area contributed by atoms with Gasteiger partial charge in [-0.15, -0.1) is 0 Å². The van der Waals surface area contributed by atoms with Gasteiger partial charge in [-0.1, -0.05) is 22.0 Å². The molecule has 3 heteroatoms. The molecular weight excluding hydrogens is 266 g/mol. The van der Waals surface area contributed by atoms with Gasteiger partial charge in [-0.25, -0.2) is 0 Å². The third-order valence-electron chi connectivity index (χ3n) is 2.52. The van der Waals surface area contributed by atoms with Gasteiger partial charge in [-0.3, -0.25) is 0 Å². The van der Waals surface area contributed by atoms with Gasteiger partial charge in [0.1, 0.15) is 11.5 Å². The molecule has 0 aliphatic heterocycles. The van der Waals surface area contributed by atoms with Crippen molar-refractivity contribution in [3.8, 4) is 0 Å². The molecule has 2 aromatic rings. The Hall–Kier alpha value is -1.22. The van der Waals surface area contributed by atoms with Gasteiger partial charge in [-0.05, 0) is 43.7 Å².